The SMILES string of the molecule is Cc1cc(C)c2nc(NC(=O)c3ccc(F)cc3Cl)sc2c1. The van der Waals surface area contributed by atoms with Crippen LogP contribution in [-0.2, 0) is 0 Å². The molecule has 0 aliphatic carbocycles. The van der Waals surface area contributed by atoms with Gasteiger partial charge in [-0.05, 0) is 49.2 Å². The molecule has 3 rings (SSSR count). The van der Waals surface area contributed by atoms with Crippen LogP contribution in [0.25, 0.3) is 10.2 Å². The number of carbonyl (C=O) groups is 1. The minimum atomic E-state index is -0.479. The monoisotopic (exact) mass is 334 g/mol. The summed E-state index contributed by atoms with van der Waals surface area (Å²) in [6.45, 7) is 4.00. The molecule has 0 atom stereocenters. The van der Waals surface area contributed by atoms with Gasteiger partial charge in [0, 0.05) is 0 Å². The molecule has 0 bridgehead atoms. The molecule has 0 radical (unpaired) electrons. The van der Waals surface area contributed by atoms with Crippen LogP contribution in [0.2, 0.25) is 5.02 Å². The Morgan fingerprint density at radius 1 is 1.27 bits per heavy atom. The van der Waals surface area contributed by atoms with Gasteiger partial charge in [0.25, 0.3) is 5.91 Å². The van der Waals surface area contributed by atoms with Gasteiger partial charge in [-0.25, -0.2) is 9.37 Å². The van der Waals surface area contributed by atoms with E-state index in [-0.39, 0.29) is 10.6 Å². The Labute approximate surface area is 135 Å². The fraction of sp³-hybridized carbons (Fsp3) is 0.125. The Morgan fingerprint density at radius 2 is 2.05 bits per heavy atom. The number of rotatable bonds is 2. The summed E-state index contributed by atoms with van der Waals surface area (Å²) < 4.78 is 14.0. The smallest absolute Gasteiger partial charge is 0.258 e. The first-order valence-electron chi connectivity index (χ1n) is 6.58. The number of anilines is 1. The van der Waals surface area contributed by atoms with E-state index in [0.717, 1.165) is 27.4 Å². The number of fused-ring (bicyclic) bond motifs is 1. The van der Waals surface area contributed by atoms with Gasteiger partial charge in [0.05, 0.1) is 20.8 Å². The molecule has 1 amide bonds. The van der Waals surface area contributed by atoms with E-state index in [1.165, 1.54) is 23.5 Å². The lowest BCUT2D eigenvalue weighted by atomic mass is 10.1. The van der Waals surface area contributed by atoms with Gasteiger partial charge in [-0.1, -0.05) is 29.0 Å². The van der Waals surface area contributed by atoms with E-state index in [1.807, 2.05) is 26.0 Å². The van der Waals surface area contributed by atoms with E-state index in [2.05, 4.69) is 10.3 Å². The number of nitrogens with one attached hydrogen (secondary N) is 1. The predicted octanol–water partition coefficient (Wildman–Crippen LogP) is 4.96. The molecular formula is C16H12ClFN2OS. The van der Waals surface area contributed by atoms with E-state index < -0.39 is 11.7 Å². The van der Waals surface area contributed by atoms with Crippen molar-refractivity contribution in [2.75, 3.05) is 5.32 Å². The lowest BCUT2D eigenvalue weighted by Gasteiger charge is -2.03. The average Bonchev–Trinajstić information content (AvgIpc) is 2.81. The van der Waals surface area contributed by atoms with Crippen molar-refractivity contribution >= 4 is 44.2 Å². The summed E-state index contributed by atoms with van der Waals surface area (Å²) in [6, 6.07) is 7.75. The normalized spacial score (nSPS) is 10.9. The lowest BCUT2D eigenvalue weighted by molar-refractivity contribution is 0.102. The van der Waals surface area contributed by atoms with Crippen LogP contribution in [0.5, 0.6) is 0 Å². The second-order valence-corrected chi connectivity index (χ2v) is 6.46. The molecule has 2 aromatic carbocycles. The molecule has 0 saturated heterocycles. The molecule has 6 heteroatoms. The molecule has 22 heavy (non-hydrogen) atoms. The lowest BCUT2D eigenvalue weighted by Crippen LogP contribution is -2.12. The van der Waals surface area contributed by atoms with Gasteiger partial charge in [0.15, 0.2) is 5.13 Å². The molecule has 0 aliphatic heterocycles. The number of aromatic nitrogens is 1. The Bertz CT molecular complexity index is 891. The van der Waals surface area contributed by atoms with Gasteiger partial charge in [-0.3, -0.25) is 10.1 Å². The van der Waals surface area contributed by atoms with E-state index in [9.17, 15) is 9.18 Å². The Balaban J connectivity index is 1.92. The second kappa shape index (κ2) is 5.66. The number of hydrogen-bond donors (Lipinski definition) is 1. The number of nitrogens with zero attached hydrogens (tertiary/aromatic N) is 1. The van der Waals surface area contributed by atoms with Crippen LogP contribution in [-0.4, -0.2) is 10.9 Å². The number of halogens is 2. The van der Waals surface area contributed by atoms with Crippen LogP contribution in [0.15, 0.2) is 30.3 Å². The molecule has 0 saturated carbocycles. The van der Waals surface area contributed by atoms with Crippen LogP contribution < -0.4 is 5.32 Å². The highest BCUT2D eigenvalue weighted by Gasteiger charge is 2.14. The third kappa shape index (κ3) is 2.82. The summed E-state index contributed by atoms with van der Waals surface area (Å²) in [5.41, 5.74) is 3.30. The number of amides is 1. The zero-order chi connectivity index (χ0) is 15.9. The van der Waals surface area contributed by atoms with Gasteiger partial charge in [-0.15, -0.1) is 0 Å². The topological polar surface area (TPSA) is 42.0 Å². The van der Waals surface area contributed by atoms with Crippen LogP contribution in [0.4, 0.5) is 9.52 Å². The van der Waals surface area contributed by atoms with Crippen molar-refractivity contribution in [1.29, 1.82) is 0 Å². The van der Waals surface area contributed by atoms with Crippen molar-refractivity contribution in [2.45, 2.75) is 13.8 Å². The maximum atomic E-state index is 13.0. The molecule has 0 fully saturated rings. The van der Waals surface area contributed by atoms with Crippen LogP contribution in [0.1, 0.15) is 21.5 Å². The molecule has 0 aliphatic rings. The molecule has 0 spiro atoms. The van der Waals surface area contributed by atoms with Crippen molar-refractivity contribution in [3.63, 3.8) is 0 Å². The summed E-state index contributed by atoms with van der Waals surface area (Å²) in [6.07, 6.45) is 0. The third-order valence-corrected chi connectivity index (χ3v) is 4.46. The molecule has 0 unspecified atom stereocenters. The minimum Gasteiger partial charge on any atom is -0.298 e. The average molecular weight is 335 g/mol. The highest BCUT2D eigenvalue weighted by molar-refractivity contribution is 7.22. The first kappa shape index (κ1) is 14.9. The van der Waals surface area contributed by atoms with Crippen molar-refractivity contribution in [1.82, 2.24) is 4.98 Å². The van der Waals surface area contributed by atoms with E-state index >= 15 is 0 Å². The number of hydrogen-bond acceptors (Lipinski definition) is 3. The van der Waals surface area contributed by atoms with Crippen LogP contribution >= 0.6 is 22.9 Å². The summed E-state index contributed by atoms with van der Waals surface area (Å²) in [7, 11) is 0. The molecule has 112 valence electrons. The standard InChI is InChI=1S/C16H12ClFN2OS/c1-8-5-9(2)14-13(6-8)22-16(19-14)20-15(21)11-4-3-10(18)7-12(11)17/h3-7H,1-2H3,(H,19,20,21). The molecule has 1 N–H and O–H groups in total. The van der Waals surface area contributed by atoms with Crippen molar-refractivity contribution < 1.29 is 9.18 Å². The maximum Gasteiger partial charge on any atom is 0.258 e. The first-order chi connectivity index (χ1) is 10.4. The van der Waals surface area contributed by atoms with Crippen molar-refractivity contribution in [3.05, 3.63) is 57.9 Å². The fourth-order valence-corrected chi connectivity index (χ4v) is 3.55. The van der Waals surface area contributed by atoms with E-state index in [4.69, 9.17) is 11.6 Å². The summed E-state index contributed by atoms with van der Waals surface area (Å²) >= 11 is 7.29. The van der Waals surface area contributed by atoms with Gasteiger partial charge in [0.1, 0.15) is 5.82 Å². The minimum absolute atomic E-state index is 0.0747. The third-order valence-electron chi connectivity index (χ3n) is 3.23. The summed E-state index contributed by atoms with van der Waals surface area (Å²) in [5, 5.41) is 3.29. The number of benzene rings is 2. The van der Waals surface area contributed by atoms with Gasteiger partial charge in [0.2, 0.25) is 0 Å². The number of aryl methyl sites for hydroxylation is 2. The highest BCUT2D eigenvalue weighted by atomic mass is 35.5. The van der Waals surface area contributed by atoms with Gasteiger partial charge >= 0.3 is 0 Å². The summed E-state index contributed by atoms with van der Waals surface area (Å²) in [4.78, 5) is 16.7. The van der Waals surface area contributed by atoms with E-state index in [1.54, 1.807) is 0 Å². The Hall–Kier alpha value is -1.98. The largest absolute Gasteiger partial charge is 0.298 e. The Kier molecular flexibility index (Phi) is 3.85. The fourth-order valence-electron chi connectivity index (χ4n) is 2.26. The molecule has 3 aromatic rings. The molecule has 3 nitrogen and oxygen atoms in total. The van der Waals surface area contributed by atoms with E-state index in [0.29, 0.717) is 5.13 Å². The van der Waals surface area contributed by atoms with Gasteiger partial charge < -0.3 is 0 Å². The van der Waals surface area contributed by atoms with Crippen molar-refractivity contribution in [3.8, 4) is 0 Å². The zero-order valence-electron chi connectivity index (χ0n) is 11.9. The molecule has 1 heterocycles. The van der Waals surface area contributed by atoms with Gasteiger partial charge in [-0.2, -0.15) is 0 Å². The molecular weight excluding hydrogens is 323 g/mol. The predicted molar refractivity (Wildman–Crippen MR) is 88.5 cm³/mol. The number of carbonyl (C=O) groups excluding carboxylic acids is 1. The van der Waals surface area contributed by atoms with Crippen LogP contribution in [0.3, 0.4) is 0 Å². The zero-order valence-corrected chi connectivity index (χ0v) is 13.5. The summed E-state index contributed by atoms with van der Waals surface area (Å²) in [5.74, 6) is -0.883. The molecule has 1 aromatic heterocycles. The Morgan fingerprint density at radius 3 is 2.77 bits per heavy atom. The van der Waals surface area contributed by atoms with Crippen LogP contribution in [0, 0.1) is 19.7 Å². The first-order valence-corrected chi connectivity index (χ1v) is 7.77. The van der Waals surface area contributed by atoms with Crippen molar-refractivity contribution in [2.24, 2.45) is 0 Å². The maximum absolute atomic E-state index is 13.0. The number of thiazole rings is 1. The quantitative estimate of drug-likeness (QED) is 0.719. The second-order valence-electron chi connectivity index (χ2n) is 5.03. The highest BCUT2D eigenvalue weighted by Crippen LogP contribution is 2.30.